The number of ether oxygens (including phenoxy) is 1. The van der Waals surface area contributed by atoms with Crippen molar-refractivity contribution in [2.24, 2.45) is 0 Å². The van der Waals surface area contributed by atoms with Gasteiger partial charge in [-0.15, -0.1) is 11.8 Å². The van der Waals surface area contributed by atoms with Crippen molar-refractivity contribution in [3.63, 3.8) is 0 Å². The lowest BCUT2D eigenvalue weighted by Crippen LogP contribution is -2.19. The van der Waals surface area contributed by atoms with Crippen LogP contribution in [-0.4, -0.2) is 28.9 Å². The van der Waals surface area contributed by atoms with Crippen LogP contribution in [0.4, 0.5) is 0 Å². The SMILES string of the molecule is CCCOC(=O)C(CC)Sc1ccc(C(=O)O)cc1. The molecule has 5 heteroatoms. The Hall–Kier alpha value is -1.49. The van der Waals surface area contributed by atoms with E-state index in [9.17, 15) is 9.59 Å². The fourth-order valence-corrected chi connectivity index (χ4v) is 2.39. The monoisotopic (exact) mass is 282 g/mol. The van der Waals surface area contributed by atoms with Crippen LogP contribution >= 0.6 is 11.8 Å². The van der Waals surface area contributed by atoms with E-state index in [4.69, 9.17) is 9.84 Å². The number of benzene rings is 1. The predicted octanol–water partition coefficient (Wildman–Crippen LogP) is 3.21. The molecule has 0 saturated heterocycles. The number of rotatable bonds is 7. The highest BCUT2D eigenvalue weighted by atomic mass is 32.2. The van der Waals surface area contributed by atoms with E-state index in [1.807, 2.05) is 13.8 Å². The van der Waals surface area contributed by atoms with Crippen molar-refractivity contribution in [2.45, 2.75) is 36.8 Å². The minimum Gasteiger partial charge on any atom is -0.478 e. The van der Waals surface area contributed by atoms with E-state index in [2.05, 4.69) is 0 Å². The lowest BCUT2D eigenvalue weighted by Gasteiger charge is -2.13. The second-order valence-corrected chi connectivity index (χ2v) is 5.29. The Morgan fingerprint density at radius 3 is 2.37 bits per heavy atom. The maximum absolute atomic E-state index is 11.8. The molecule has 0 radical (unpaired) electrons. The van der Waals surface area contributed by atoms with E-state index in [-0.39, 0.29) is 16.8 Å². The molecule has 0 aromatic heterocycles. The van der Waals surface area contributed by atoms with Crippen LogP contribution in [-0.2, 0) is 9.53 Å². The van der Waals surface area contributed by atoms with Crippen molar-refractivity contribution < 1.29 is 19.4 Å². The molecule has 19 heavy (non-hydrogen) atoms. The quantitative estimate of drug-likeness (QED) is 0.614. The summed E-state index contributed by atoms with van der Waals surface area (Å²) < 4.78 is 5.12. The van der Waals surface area contributed by atoms with Gasteiger partial charge in [0.1, 0.15) is 5.25 Å². The number of aromatic carboxylic acids is 1. The van der Waals surface area contributed by atoms with Gasteiger partial charge in [-0.2, -0.15) is 0 Å². The molecular formula is C14H18O4S. The number of carboxylic acids is 1. The third-order valence-corrected chi connectivity index (χ3v) is 3.82. The zero-order valence-corrected chi connectivity index (χ0v) is 11.9. The molecule has 0 bridgehead atoms. The first kappa shape index (κ1) is 15.6. The topological polar surface area (TPSA) is 63.6 Å². The van der Waals surface area contributed by atoms with Gasteiger partial charge in [0.25, 0.3) is 0 Å². The summed E-state index contributed by atoms with van der Waals surface area (Å²) in [7, 11) is 0. The van der Waals surface area contributed by atoms with Gasteiger partial charge in [-0.25, -0.2) is 4.79 Å². The first-order valence-electron chi connectivity index (χ1n) is 6.25. The van der Waals surface area contributed by atoms with E-state index < -0.39 is 5.97 Å². The van der Waals surface area contributed by atoms with Crippen molar-refractivity contribution in [3.8, 4) is 0 Å². The Labute approximate surface area is 117 Å². The first-order valence-corrected chi connectivity index (χ1v) is 7.13. The van der Waals surface area contributed by atoms with Gasteiger partial charge in [0, 0.05) is 4.90 Å². The van der Waals surface area contributed by atoms with Crippen molar-refractivity contribution in [3.05, 3.63) is 29.8 Å². The van der Waals surface area contributed by atoms with Gasteiger partial charge in [-0.3, -0.25) is 4.79 Å². The normalized spacial score (nSPS) is 11.9. The summed E-state index contributed by atoms with van der Waals surface area (Å²) in [5.74, 6) is -1.16. The van der Waals surface area contributed by atoms with Gasteiger partial charge in [0.15, 0.2) is 0 Å². The van der Waals surface area contributed by atoms with Crippen molar-refractivity contribution >= 4 is 23.7 Å². The second-order valence-electron chi connectivity index (χ2n) is 4.01. The number of carbonyl (C=O) groups excluding carboxylic acids is 1. The van der Waals surface area contributed by atoms with E-state index in [1.165, 1.54) is 23.9 Å². The summed E-state index contributed by atoms with van der Waals surface area (Å²) in [6.07, 6.45) is 1.48. The van der Waals surface area contributed by atoms with Crippen molar-refractivity contribution in [1.29, 1.82) is 0 Å². The smallest absolute Gasteiger partial charge is 0.335 e. The van der Waals surface area contributed by atoms with Crippen LogP contribution in [0.15, 0.2) is 29.2 Å². The molecular weight excluding hydrogens is 264 g/mol. The third kappa shape index (κ3) is 4.95. The maximum atomic E-state index is 11.8. The molecule has 0 aliphatic rings. The van der Waals surface area contributed by atoms with Gasteiger partial charge in [0.2, 0.25) is 0 Å². The molecule has 1 rings (SSSR count). The lowest BCUT2D eigenvalue weighted by molar-refractivity contribution is -0.143. The summed E-state index contributed by atoms with van der Waals surface area (Å²) in [6, 6.07) is 6.50. The number of hydrogen-bond acceptors (Lipinski definition) is 4. The zero-order chi connectivity index (χ0) is 14.3. The second kappa shape index (κ2) is 7.84. The molecule has 0 heterocycles. The maximum Gasteiger partial charge on any atom is 0.335 e. The first-order chi connectivity index (χ1) is 9.08. The summed E-state index contributed by atoms with van der Waals surface area (Å²) in [5, 5.41) is 8.56. The molecule has 0 aliphatic heterocycles. The fourth-order valence-electron chi connectivity index (χ4n) is 1.43. The van der Waals surface area contributed by atoms with Gasteiger partial charge < -0.3 is 9.84 Å². The van der Waals surface area contributed by atoms with E-state index in [1.54, 1.807) is 12.1 Å². The molecule has 0 amide bonds. The standard InChI is InChI=1S/C14H18O4S/c1-3-9-18-14(17)12(4-2)19-11-7-5-10(6-8-11)13(15)16/h5-8,12H,3-4,9H2,1-2H3,(H,15,16). The average molecular weight is 282 g/mol. The number of thioether (sulfide) groups is 1. The van der Waals surface area contributed by atoms with Crippen LogP contribution in [0.1, 0.15) is 37.0 Å². The van der Waals surface area contributed by atoms with Crippen LogP contribution < -0.4 is 0 Å². The third-order valence-electron chi connectivity index (χ3n) is 2.46. The summed E-state index contributed by atoms with van der Waals surface area (Å²) in [5.41, 5.74) is 0.242. The fraction of sp³-hybridized carbons (Fsp3) is 0.429. The highest BCUT2D eigenvalue weighted by Gasteiger charge is 2.19. The zero-order valence-electron chi connectivity index (χ0n) is 11.1. The van der Waals surface area contributed by atoms with E-state index in [0.29, 0.717) is 13.0 Å². The molecule has 0 aliphatic carbocycles. The lowest BCUT2D eigenvalue weighted by atomic mass is 10.2. The number of carboxylic acid groups (broad SMARTS) is 1. The largest absolute Gasteiger partial charge is 0.478 e. The van der Waals surface area contributed by atoms with Gasteiger partial charge in [-0.1, -0.05) is 13.8 Å². The Bertz CT molecular complexity index is 428. The van der Waals surface area contributed by atoms with Crippen LogP contribution in [0, 0.1) is 0 Å². The molecule has 1 aromatic carbocycles. The van der Waals surface area contributed by atoms with Gasteiger partial charge >= 0.3 is 11.9 Å². The molecule has 0 fully saturated rings. The molecule has 4 nitrogen and oxygen atoms in total. The summed E-state index contributed by atoms with van der Waals surface area (Å²) in [6.45, 7) is 4.32. The van der Waals surface area contributed by atoms with Crippen LogP contribution in [0.5, 0.6) is 0 Å². The molecule has 0 saturated carbocycles. The number of carbonyl (C=O) groups is 2. The Kier molecular flexibility index (Phi) is 6.42. The minimum absolute atomic E-state index is 0.211. The molecule has 1 unspecified atom stereocenters. The molecule has 1 aromatic rings. The number of hydrogen-bond donors (Lipinski definition) is 1. The summed E-state index contributed by atoms with van der Waals surface area (Å²) >= 11 is 1.40. The Morgan fingerprint density at radius 2 is 1.89 bits per heavy atom. The van der Waals surface area contributed by atoms with Crippen LogP contribution in [0.2, 0.25) is 0 Å². The Balaban J connectivity index is 2.65. The van der Waals surface area contributed by atoms with Crippen LogP contribution in [0.25, 0.3) is 0 Å². The predicted molar refractivity (Wildman–Crippen MR) is 74.6 cm³/mol. The average Bonchev–Trinajstić information content (AvgIpc) is 2.42. The van der Waals surface area contributed by atoms with Crippen LogP contribution in [0.3, 0.4) is 0 Å². The molecule has 104 valence electrons. The molecule has 1 N–H and O–H groups in total. The van der Waals surface area contributed by atoms with Crippen molar-refractivity contribution in [1.82, 2.24) is 0 Å². The van der Waals surface area contributed by atoms with Gasteiger partial charge in [-0.05, 0) is 37.1 Å². The van der Waals surface area contributed by atoms with E-state index in [0.717, 1.165) is 11.3 Å². The molecule has 0 spiro atoms. The Morgan fingerprint density at radius 1 is 1.26 bits per heavy atom. The highest BCUT2D eigenvalue weighted by molar-refractivity contribution is 8.00. The van der Waals surface area contributed by atoms with E-state index >= 15 is 0 Å². The molecule has 1 atom stereocenters. The minimum atomic E-state index is -0.953. The highest BCUT2D eigenvalue weighted by Crippen LogP contribution is 2.26. The number of esters is 1. The summed E-state index contributed by atoms with van der Waals surface area (Å²) in [4.78, 5) is 23.4. The van der Waals surface area contributed by atoms with Crippen molar-refractivity contribution in [2.75, 3.05) is 6.61 Å². The van der Waals surface area contributed by atoms with Gasteiger partial charge in [0.05, 0.1) is 12.2 Å².